The van der Waals surface area contributed by atoms with Gasteiger partial charge in [0.1, 0.15) is 12.0 Å². The Morgan fingerprint density at radius 2 is 1.83 bits per heavy atom. The number of rotatable bonds is 7. The molecule has 0 heterocycles. The molecule has 1 atom stereocenters. The summed E-state index contributed by atoms with van der Waals surface area (Å²) in [5.41, 5.74) is 2.04. The van der Waals surface area contributed by atoms with Crippen LogP contribution < -0.4 is 4.74 Å². The zero-order valence-electron chi connectivity index (χ0n) is 12.9. The molecule has 4 nitrogen and oxygen atoms in total. The summed E-state index contributed by atoms with van der Waals surface area (Å²) >= 11 is 0. The maximum absolute atomic E-state index is 12.4. The topological polar surface area (TPSA) is 67.2 Å². The lowest BCUT2D eigenvalue weighted by atomic mass is 9.89. The van der Waals surface area contributed by atoms with Gasteiger partial charge >= 0.3 is 0 Å². The van der Waals surface area contributed by atoms with Gasteiger partial charge in [-0.25, -0.2) is 0 Å². The molecular formula is C19H17NO3. The number of carbonyl (C=O) groups is 2. The van der Waals surface area contributed by atoms with Gasteiger partial charge in [-0.05, 0) is 47.9 Å². The summed E-state index contributed by atoms with van der Waals surface area (Å²) in [5.74, 6) is 0.483. The highest BCUT2D eigenvalue weighted by atomic mass is 16.5. The van der Waals surface area contributed by atoms with Gasteiger partial charge in [-0.3, -0.25) is 4.79 Å². The lowest BCUT2D eigenvalue weighted by molar-refractivity contribution is -0.108. The SMILES string of the molecule is COc1ccc(C(=O)CC(CC=O)c2ccc(C#N)cc2)cc1. The molecule has 0 bridgehead atoms. The number of carbonyl (C=O) groups excluding carboxylic acids is 2. The van der Waals surface area contributed by atoms with Crippen molar-refractivity contribution >= 4 is 12.1 Å². The highest BCUT2D eigenvalue weighted by Crippen LogP contribution is 2.25. The van der Waals surface area contributed by atoms with E-state index < -0.39 is 0 Å². The van der Waals surface area contributed by atoms with E-state index in [1.165, 1.54) is 0 Å². The number of hydrogen-bond donors (Lipinski definition) is 0. The predicted molar refractivity (Wildman–Crippen MR) is 86.5 cm³/mol. The third kappa shape index (κ3) is 4.27. The van der Waals surface area contributed by atoms with Crippen LogP contribution in [0.3, 0.4) is 0 Å². The van der Waals surface area contributed by atoms with E-state index in [4.69, 9.17) is 10.00 Å². The molecule has 4 heteroatoms. The van der Waals surface area contributed by atoms with E-state index in [0.29, 0.717) is 16.9 Å². The second-order valence-corrected chi connectivity index (χ2v) is 5.19. The maximum Gasteiger partial charge on any atom is 0.163 e. The van der Waals surface area contributed by atoms with Gasteiger partial charge in [0.2, 0.25) is 0 Å². The highest BCUT2D eigenvalue weighted by Gasteiger charge is 2.17. The minimum Gasteiger partial charge on any atom is -0.497 e. The van der Waals surface area contributed by atoms with Crippen LogP contribution >= 0.6 is 0 Å². The summed E-state index contributed by atoms with van der Waals surface area (Å²) in [6.07, 6.45) is 1.34. The Labute approximate surface area is 135 Å². The fourth-order valence-electron chi connectivity index (χ4n) is 2.40. The third-order valence-corrected chi connectivity index (χ3v) is 3.74. The number of methoxy groups -OCH3 is 1. The van der Waals surface area contributed by atoms with Crippen LogP contribution in [-0.4, -0.2) is 19.2 Å². The van der Waals surface area contributed by atoms with Gasteiger partial charge in [0, 0.05) is 18.4 Å². The first-order valence-electron chi connectivity index (χ1n) is 7.29. The summed E-state index contributed by atoms with van der Waals surface area (Å²) in [7, 11) is 1.57. The molecule has 0 saturated carbocycles. The fraction of sp³-hybridized carbons (Fsp3) is 0.211. The number of benzene rings is 2. The fourth-order valence-corrected chi connectivity index (χ4v) is 2.40. The average molecular weight is 307 g/mol. The number of hydrogen-bond acceptors (Lipinski definition) is 4. The van der Waals surface area contributed by atoms with Gasteiger partial charge in [-0.2, -0.15) is 5.26 Å². The van der Waals surface area contributed by atoms with Gasteiger partial charge in [0.05, 0.1) is 18.7 Å². The molecular weight excluding hydrogens is 290 g/mol. The standard InChI is InChI=1S/C19H17NO3/c1-23-18-8-6-16(7-9-18)19(22)12-17(10-11-21)15-4-2-14(13-20)3-5-15/h2-9,11,17H,10,12H2,1H3. The van der Waals surface area contributed by atoms with E-state index in [2.05, 4.69) is 6.07 Å². The molecule has 0 N–H and O–H groups in total. The Bertz CT molecular complexity index is 712. The number of ether oxygens (including phenoxy) is 1. The molecule has 0 saturated heterocycles. The third-order valence-electron chi connectivity index (χ3n) is 3.74. The molecule has 0 spiro atoms. The number of nitrogens with zero attached hydrogens (tertiary/aromatic N) is 1. The zero-order valence-corrected chi connectivity index (χ0v) is 12.9. The Morgan fingerprint density at radius 3 is 2.35 bits per heavy atom. The summed E-state index contributed by atoms with van der Waals surface area (Å²) in [6.45, 7) is 0. The average Bonchev–Trinajstić information content (AvgIpc) is 2.61. The largest absolute Gasteiger partial charge is 0.497 e. The van der Waals surface area contributed by atoms with Gasteiger partial charge in [-0.1, -0.05) is 12.1 Å². The Hall–Kier alpha value is -2.93. The number of Topliss-reactive ketones (excluding diaryl/α,β-unsaturated/α-hetero) is 1. The number of aldehydes is 1. The normalized spacial score (nSPS) is 11.3. The zero-order chi connectivity index (χ0) is 16.7. The molecule has 2 aromatic carbocycles. The first kappa shape index (κ1) is 16.4. The molecule has 0 radical (unpaired) electrons. The highest BCUT2D eigenvalue weighted by molar-refractivity contribution is 5.96. The van der Waals surface area contributed by atoms with E-state index >= 15 is 0 Å². The van der Waals surface area contributed by atoms with Crippen molar-refractivity contribution in [1.29, 1.82) is 5.26 Å². The molecule has 0 aliphatic rings. The van der Waals surface area contributed by atoms with Crippen LogP contribution in [0.5, 0.6) is 5.75 Å². The van der Waals surface area contributed by atoms with Crippen molar-refractivity contribution in [3.63, 3.8) is 0 Å². The number of ketones is 1. The Morgan fingerprint density at radius 1 is 1.17 bits per heavy atom. The van der Waals surface area contributed by atoms with Crippen molar-refractivity contribution in [2.75, 3.05) is 7.11 Å². The van der Waals surface area contributed by atoms with Gasteiger partial charge in [0.25, 0.3) is 0 Å². The van der Waals surface area contributed by atoms with Crippen molar-refractivity contribution in [1.82, 2.24) is 0 Å². The molecule has 0 amide bonds. The van der Waals surface area contributed by atoms with Crippen molar-refractivity contribution in [3.05, 3.63) is 65.2 Å². The second-order valence-electron chi connectivity index (χ2n) is 5.19. The van der Waals surface area contributed by atoms with Crippen molar-refractivity contribution in [2.24, 2.45) is 0 Å². The molecule has 0 fully saturated rings. The predicted octanol–water partition coefficient (Wildman–Crippen LogP) is 3.51. The molecule has 116 valence electrons. The van der Waals surface area contributed by atoms with Crippen LogP contribution in [0.2, 0.25) is 0 Å². The van der Waals surface area contributed by atoms with Crippen LogP contribution in [0, 0.1) is 11.3 Å². The van der Waals surface area contributed by atoms with E-state index in [1.54, 1.807) is 55.6 Å². The lowest BCUT2D eigenvalue weighted by Gasteiger charge is -2.14. The molecule has 2 aromatic rings. The summed E-state index contributed by atoms with van der Waals surface area (Å²) in [6, 6.07) is 16.0. The molecule has 1 unspecified atom stereocenters. The van der Waals surface area contributed by atoms with E-state index in [9.17, 15) is 9.59 Å². The first-order valence-corrected chi connectivity index (χ1v) is 7.29. The minimum absolute atomic E-state index is 0.0242. The van der Waals surface area contributed by atoms with Crippen molar-refractivity contribution in [2.45, 2.75) is 18.8 Å². The summed E-state index contributed by atoms with van der Waals surface area (Å²) < 4.78 is 5.08. The number of nitriles is 1. The monoisotopic (exact) mass is 307 g/mol. The van der Waals surface area contributed by atoms with E-state index in [0.717, 1.165) is 11.8 Å². The molecule has 0 aliphatic carbocycles. The van der Waals surface area contributed by atoms with Gasteiger partial charge in [0.15, 0.2) is 5.78 Å². The van der Waals surface area contributed by atoms with Gasteiger partial charge in [-0.15, -0.1) is 0 Å². The Kier molecular flexibility index (Phi) is 5.65. The van der Waals surface area contributed by atoms with Crippen LogP contribution in [0.1, 0.15) is 40.2 Å². The van der Waals surface area contributed by atoms with E-state index in [-0.39, 0.29) is 24.5 Å². The molecule has 23 heavy (non-hydrogen) atoms. The molecule has 0 aliphatic heterocycles. The molecule has 0 aromatic heterocycles. The molecule has 2 rings (SSSR count). The Balaban J connectivity index is 2.15. The van der Waals surface area contributed by atoms with Crippen LogP contribution in [0.25, 0.3) is 0 Å². The summed E-state index contributed by atoms with van der Waals surface area (Å²) in [5, 5.41) is 8.84. The van der Waals surface area contributed by atoms with Crippen LogP contribution in [-0.2, 0) is 4.79 Å². The lowest BCUT2D eigenvalue weighted by Crippen LogP contribution is -2.08. The van der Waals surface area contributed by atoms with E-state index in [1.807, 2.05) is 0 Å². The quantitative estimate of drug-likeness (QED) is 0.580. The van der Waals surface area contributed by atoms with Crippen LogP contribution in [0.4, 0.5) is 0 Å². The van der Waals surface area contributed by atoms with Crippen molar-refractivity contribution in [3.8, 4) is 11.8 Å². The van der Waals surface area contributed by atoms with Gasteiger partial charge < -0.3 is 9.53 Å². The van der Waals surface area contributed by atoms with Crippen LogP contribution in [0.15, 0.2) is 48.5 Å². The summed E-state index contributed by atoms with van der Waals surface area (Å²) in [4.78, 5) is 23.3. The second kappa shape index (κ2) is 7.90. The smallest absolute Gasteiger partial charge is 0.163 e. The first-order chi connectivity index (χ1) is 11.2. The minimum atomic E-state index is -0.185. The van der Waals surface area contributed by atoms with Crippen molar-refractivity contribution < 1.29 is 14.3 Å². The maximum atomic E-state index is 12.4.